The second kappa shape index (κ2) is 11.3. The van der Waals surface area contributed by atoms with Gasteiger partial charge in [-0.15, -0.1) is 11.3 Å². The molecule has 0 radical (unpaired) electrons. The van der Waals surface area contributed by atoms with Crippen molar-refractivity contribution in [2.45, 2.75) is 63.4 Å². The van der Waals surface area contributed by atoms with Crippen LogP contribution in [0.5, 0.6) is 0 Å². The maximum Gasteiger partial charge on any atom is 0.253 e. The maximum absolute atomic E-state index is 13.3. The van der Waals surface area contributed by atoms with Crippen molar-refractivity contribution in [1.82, 2.24) is 19.6 Å². The van der Waals surface area contributed by atoms with Gasteiger partial charge in [0.15, 0.2) is 0 Å². The number of aryl methyl sites for hydroxylation is 2. The van der Waals surface area contributed by atoms with Gasteiger partial charge in [-0.2, -0.15) is 0 Å². The van der Waals surface area contributed by atoms with Gasteiger partial charge < -0.3 is 14.5 Å². The molecular weight excluding hydrogens is 546 g/mol. The second-order valence-electron chi connectivity index (χ2n) is 11.1. The number of hydrogen-bond donors (Lipinski definition) is 1. The molecular formula is C29H37N5O4S2. The van der Waals surface area contributed by atoms with Gasteiger partial charge in [-0.25, -0.2) is 23.1 Å². The fraction of sp³-hybridized carbons (Fsp3) is 0.552. The third-order valence-electron chi connectivity index (χ3n) is 8.30. The average Bonchev–Trinajstić information content (AvgIpc) is 3.63. The molecule has 0 saturated carbocycles. The Balaban J connectivity index is 1.13. The quantitative estimate of drug-likeness (QED) is 0.451. The highest BCUT2D eigenvalue weighted by Gasteiger charge is 2.29. The Labute approximate surface area is 240 Å². The largest absolute Gasteiger partial charge is 0.377 e. The molecule has 2 aromatic heterocycles. The summed E-state index contributed by atoms with van der Waals surface area (Å²) in [5.41, 5.74) is 1.92. The van der Waals surface area contributed by atoms with E-state index in [1.807, 2.05) is 16.2 Å². The molecule has 2 atom stereocenters. The number of sulfonamides is 1. The van der Waals surface area contributed by atoms with Crippen molar-refractivity contribution in [3.8, 4) is 0 Å². The first kappa shape index (κ1) is 27.6. The third-order valence-corrected chi connectivity index (χ3v) is 10.9. The highest BCUT2D eigenvalue weighted by Crippen LogP contribution is 2.41. The van der Waals surface area contributed by atoms with Crippen LogP contribution in [-0.4, -0.2) is 74.6 Å². The lowest BCUT2D eigenvalue weighted by Gasteiger charge is -2.36. The summed E-state index contributed by atoms with van der Waals surface area (Å²) >= 11 is 1.83. The average molecular weight is 584 g/mol. The molecule has 11 heteroatoms. The first-order chi connectivity index (χ1) is 19.3. The minimum Gasteiger partial charge on any atom is -0.377 e. The molecule has 1 aliphatic carbocycles. The van der Waals surface area contributed by atoms with E-state index in [-0.39, 0.29) is 23.5 Å². The maximum atomic E-state index is 13.3. The monoisotopic (exact) mass is 583 g/mol. The summed E-state index contributed by atoms with van der Waals surface area (Å²) in [7, 11) is -3.65. The Morgan fingerprint density at radius 2 is 1.90 bits per heavy atom. The van der Waals surface area contributed by atoms with Crippen LogP contribution in [0.15, 0.2) is 29.2 Å². The van der Waals surface area contributed by atoms with Gasteiger partial charge in [0.25, 0.3) is 5.91 Å². The lowest BCUT2D eigenvalue weighted by molar-refractivity contribution is 0.0746. The summed E-state index contributed by atoms with van der Waals surface area (Å²) in [6, 6.07) is 6.22. The lowest BCUT2D eigenvalue weighted by atomic mass is 9.89. The van der Waals surface area contributed by atoms with Crippen molar-refractivity contribution >= 4 is 43.3 Å². The number of hydrogen-bond acceptors (Lipinski definition) is 8. The zero-order chi connectivity index (χ0) is 27.9. The summed E-state index contributed by atoms with van der Waals surface area (Å²) < 4.78 is 33.5. The molecule has 214 valence electrons. The van der Waals surface area contributed by atoms with Crippen LogP contribution in [0.4, 0.5) is 5.82 Å². The van der Waals surface area contributed by atoms with Gasteiger partial charge in [-0.1, -0.05) is 13.8 Å². The smallest absolute Gasteiger partial charge is 0.253 e. The Bertz CT molecular complexity index is 1490. The van der Waals surface area contributed by atoms with Gasteiger partial charge in [0, 0.05) is 56.2 Å². The minimum absolute atomic E-state index is 0.0739. The SMILES string of the molecule is CCc1nc(N2CCN(C(=O)c3ccc(S(=O)(=O)NCC4CCCO4)cc3)CC2)c2c3c(sc2n1)CC(C)CC3. The van der Waals surface area contributed by atoms with E-state index in [4.69, 9.17) is 14.7 Å². The van der Waals surface area contributed by atoms with Crippen LogP contribution in [0.2, 0.25) is 0 Å². The van der Waals surface area contributed by atoms with E-state index < -0.39 is 10.0 Å². The number of thiophene rings is 1. The van der Waals surface area contributed by atoms with Gasteiger partial charge in [-0.05, 0) is 67.9 Å². The fourth-order valence-corrected chi connectivity index (χ4v) is 8.39. The van der Waals surface area contributed by atoms with E-state index in [1.165, 1.54) is 34.4 Å². The topological polar surface area (TPSA) is 105 Å². The molecule has 2 unspecified atom stereocenters. The molecule has 1 aromatic carbocycles. The number of piperazine rings is 1. The van der Waals surface area contributed by atoms with Crippen LogP contribution in [0, 0.1) is 5.92 Å². The number of ether oxygens (including phenoxy) is 1. The summed E-state index contributed by atoms with van der Waals surface area (Å²) in [4.78, 5) is 30.0. The number of rotatable bonds is 7. The number of nitrogens with one attached hydrogen (secondary N) is 1. The molecule has 1 N–H and O–H groups in total. The molecule has 9 nitrogen and oxygen atoms in total. The van der Waals surface area contributed by atoms with Crippen molar-refractivity contribution in [2.75, 3.05) is 44.2 Å². The van der Waals surface area contributed by atoms with Gasteiger partial charge in [-0.3, -0.25) is 4.79 Å². The predicted molar refractivity (Wildman–Crippen MR) is 157 cm³/mol. The summed E-state index contributed by atoms with van der Waals surface area (Å²) in [6.45, 7) is 7.91. The lowest BCUT2D eigenvalue weighted by Crippen LogP contribution is -2.49. The van der Waals surface area contributed by atoms with Crippen molar-refractivity contribution in [3.05, 3.63) is 46.1 Å². The van der Waals surface area contributed by atoms with Gasteiger partial charge in [0.1, 0.15) is 16.5 Å². The number of carbonyl (C=O) groups is 1. The minimum atomic E-state index is -3.65. The molecule has 0 bridgehead atoms. The number of fused-ring (bicyclic) bond motifs is 3. The molecule has 1 amide bonds. The Kier molecular flexibility index (Phi) is 7.82. The molecule has 2 aliphatic heterocycles. The summed E-state index contributed by atoms with van der Waals surface area (Å²) in [5.74, 6) is 2.51. The molecule has 3 aliphatic rings. The standard InChI is InChI=1S/C29H37N5O4S2/c1-3-25-31-27(26-23-11-6-19(2)17-24(23)39-28(26)32-25)33-12-14-34(15-13-33)29(35)20-7-9-22(10-8-20)40(36,37)30-18-21-5-4-16-38-21/h7-10,19,21,30H,3-6,11-18H2,1-2H3. The van der Waals surface area contributed by atoms with Gasteiger partial charge in [0.05, 0.1) is 16.4 Å². The molecule has 3 aromatic rings. The zero-order valence-electron chi connectivity index (χ0n) is 23.2. The first-order valence-corrected chi connectivity index (χ1v) is 16.7. The molecule has 40 heavy (non-hydrogen) atoms. The Morgan fingerprint density at radius 1 is 1.12 bits per heavy atom. The fourth-order valence-electron chi connectivity index (χ4n) is 5.92. The third kappa shape index (κ3) is 5.48. The van der Waals surface area contributed by atoms with E-state index in [9.17, 15) is 13.2 Å². The van der Waals surface area contributed by atoms with Crippen LogP contribution in [0.3, 0.4) is 0 Å². The summed E-state index contributed by atoms with van der Waals surface area (Å²) in [6.07, 6.45) is 5.92. The van der Waals surface area contributed by atoms with E-state index in [1.54, 1.807) is 12.1 Å². The highest BCUT2D eigenvalue weighted by molar-refractivity contribution is 7.89. The van der Waals surface area contributed by atoms with Crippen LogP contribution in [-0.2, 0) is 34.0 Å². The van der Waals surface area contributed by atoms with Crippen molar-refractivity contribution < 1.29 is 17.9 Å². The Hall–Kier alpha value is -2.60. The van der Waals surface area contributed by atoms with E-state index in [0.29, 0.717) is 44.3 Å². The molecule has 2 fully saturated rings. The van der Waals surface area contributed by atoms with Crippen LogP contribution < -0.4 is 9.62 Å². The first-order valence-electron chi connectivity index (χ1n) is 14.4. The summed E-state index contributed by atoms with van der Waals surface area (Å²) in [5, 5.41) is 1.22. The number of aromatic nitrogens is 2. The van der Waals surface area contributed by atoms with Crippen LogP contribution in [0.25, 0.3) is 10.2 Å². The van der Waals surface area contributed by atoms with E-state index >= 15 is 0 Å². The second-order valence-corrected chi connectivity index (χ2v) is 14.0. The number of anilines is 1. The molecule has 6 rings (SSSR count). The highest BCUT2D eigenvalue weighted by atomic mass is 32.2. The van der Waals surface area contributed by atoms with Crippen LogP contribution in [0.1, 0.15) is 59.7 Å². The van der Waals surface area contributed by atoms with Crippen LogP contribution >= 0.6 is 11.3 Å². The number of benzene rings is 1. The van der Waals surface area contributed by atoms with E-state index in [0.717, 1.165) is 48.6 Å². The number of amides is 1. The van der Waals surface area contributed by atoms with Crippen molar-refractivity contribution in [1.29, 1.82) is 0 Å². The number of nitrogens with zero attached hydrogens (tertiary/aromatic N) is 4. The van der Waals surface area contributed by atoms with Crippen molar-refractivity contribution in [2.24, 2.45) is 5.92 Å². The van der Waals surface area contributed by atoms with E-state index in [2.05, 4.69) is 23.5 Å². The number of carbonyl (C=O) groups excluding carboxylic acids is 1. The Morgan fingerprint density at radius 3 is 2.60 bits per heavy atom. The molecule has 2 saturated heterocycles. The molecule has 4 heterocycles. The zero-order valence-corrected chi connectivity index (χ0v) is 24.8. The predicted octanol–water partition coefficient (Wildman–Crippen LogP) is 3.80. The van der Waals surface area contributed by atoms with Gasteiger partial charge in [0.2, 0.25) is 10.0 Å². The van der Waals surface area contributed by atoms with Gasteiger partial charge >= 0.3 is 0 Å². The molecule has 0 spiro atoms. The van der Waals surface area contributed by atoms with Crippen molar-refractivity contribution in [3.63, 3.8) is 0 Å². The normalized spacial score (nSPS) is 21.6.